The van der Waals surface area contributed by atoms with E-state index in [0.717, 1.165) is 50.3 Å². The fraction of sp³-hybridized carbons (Fsp3) is 1.00. The van der Waals surface area contributed by atoms with Crippen LogP contribution in [0.1, 0.15) is 19.3 Å². The van der Waals surface area contributed by atoms with E-state index in [0.29, 0.717) is 0 Å². The molecule has 0 aromatic rings. The number of nitrogens with zero attached hydrogens (tertiary/aromatic N) is 2. The molecular weight excluding hydrogens is 226 g/mol. The quantitative estimate of drug-likeness (QED) is 0.784. The van der Waals surface area contributed by atoms with Crippen molar-refractivity contribution in [1.82, 2.24) is 15.1 Å². The third-order valence-electron chi connectivity index (χ3n) is 4.70. The molecule has 3 rings (SSSR count). The predicted molar refractivity (Wildman–Crippen MR) is 72.8 cm³/mol. The molecule has 0 bridgehead atoms. The van der Waals surface area contributed by atoms with Crippen molar-refractivity contribution in [3.63, 3.8) is 0 Å². The number of morpholine rings is 1. The zero-order valence-corrected chi connectivity index (χ0v) is 11.8. The molecule has 104 valence electrons. The maximum Gasteiger partial charge on any atom is 0.0594 e. The first kappa shape index (κ1) is 12.9. The summed E-state index contributed by atoms with van der Waals surface area (Å²) in [7, 11) is 4.34. The van der Waals surface area contributed by atoms with Crippen LogP contribution in [-0.4, -0.2) is 74.9 Å². The number of hydrogen-bond donors (Lipinski definition) is 1. The highest BCUT2D eigenvalue weighted by molar-refractivity contribution is 5.05. The molecule has 4 nitrogen and oxygen atoms in total. The van der Waals surface area contributed by atoms with Crippen LogP contribution in [0.4, 0.5) is 0 Å². The SMILES string of the molecule is CN(C)CC1CCC(C2CC2N2CCOCC2)N1. The van der Waals surface area contributed by atoms with Crippen LogP contribution >= 0.6 is 0 Å². The van der Waals surface area contributed by atoms with Crippen molar-refractivity contribution in [3.05, 3.63) is 0 Å². The molecule has 0 spiro atoms. The Morgan fingerprint density at radius 1 is 1.22 bits per heavy atom. The highest BCUT2D eigenvalue weighted by Crippen LogP contribution is 2.42. The van der Waals surface area contributed by atoms with E-state index in [1.54, 1.807) is 0 Å². The minimum absolute atomic E-state index is 0.718. The van der Waals surface area contributed by atoms with E-state index < -0.39 is 0 Å². The summed E-state index contributed by atoms with van der Waals surface area (Å²) in [4.78, 5) is 4.95. The van der Waals surface area contributed by atoms with Gasteiger partial charge in [0.15, 0.2) is 0 Å². The zero-order chi connectivity index (χ0) is 12.5. The van der Waals surface area contributed by atoms with Crippen molar-refractivity contribution < 1.29 is 4.74 Å². The third-order valence-corrected chi connectivity index (χ3v) is 4.70. The maximum atomic E-state index is 5.44. The fourth-order valence-corrected chi connectivity index (χ4v) is 3.73. The average Bonchev–Trinajstić information content (AvgIpc) is 3.04. The van der Waals surface area contributed by atoms with Gasteiger partial charge in [-0.3, -0.25) is 4.90 Å². The van der Waals surface area contributed by atoms with Gasteiger partial charge in [0.05, 0.1) is 13.2 Å². The molecule has 2 aliphatic heterocycles. The van der Waals surface area contributed by atoms with E-state index in [1.165, 1.54) is 25.8 Å². The summed E-state index contributed by atoms with van der Waals surface area (Å²) < 4.78 is 5.44. The van der Waals surface area contributed by atoms with Gasteiger partial charge in [0.2, 0.25) is 0 Å². The van der Waals surface area contributed by atoms with Gasteiger partial charge in [-0.25, -0.2) is 0 Å². The van der Waals surface area contributed by atoms with Gasteiger partial charge < -0.3 is 15.0 Å². The Morgan fingerprint density at radius 3 is 2.72 bits per heavy atom. The molecule has 0 radical (unpaired) electrons. The molecule has 18 heavy (non-hydrogen) atoms. The van der Waals surface area contributed by atoms with Crippen molar-refractivity contribution >= 4 is 0 Å². The number of likely N-dealkylation sites (N-methyl/N-ethyl adjacent to an activating group) is 1. The van der Waals surface area contributed by atoms with Gasteiger partial charge in [0.1, 0.15) is 0 Å². The third kappa shape index (κ3) is 2.87. The Balaban J connectivity index is 1.44. The Morgan fingerprint density at radius 2 is 2.00 bits per heavy atom. The van der Waals surface area contributed by atoms with Gasteiger partial charge in [0.25, 0.3) is 0 Å². The highest BCUT2D eigenvalue weighted by Gasteiger charge is 2.48. The van der Waals surface area contributed by atoms with Gasteiger partial charge in [-0.05, 0) is 39.3 Å². The Bertz CT molecular complexity index is 278. The molecule has 0 amide bonds. The predicted octanol–water partition coefficient (Wildman–Crippen LogP) is 0.389. The van der Waals surface area contributed by atoms with Crippen molar-refractivity contribution in [3.8, 4) is 0 Å². The summed E-state index contributed by atoms with van der Waals surface area (Å²) in [5, 5.41) is 3.85. The van der Waals surface area contributed by atoms with Gasteiger partial charge in [-0.15, -0.1) is 0 Å². The van der Waals surface area contributed by atoms with Crippen molar-refractivity contribution in [2.45, 2.75) is 37.4 Å². The smallest absolute Gasteiger partial charge is 0.0594 e. The van der Waals surface area contributed by atoms with Crippen LogP contribution in [0.25, 0.3) is 0 Å². The first-order chi connectivity index (χ1) is 8.74. The minimum atomic E-state index is 0.718. The van der Waals surface area contributed by atoms with Crippen molar-refractivity contribution in [2.24, 2.45) is 5.92 Å². The second kappa shape index (κ2) is 5.45. The van der Waals surface area contributed by atoms with Crippen LogP contribution in [0, 0.1) is 5.92 Å². The summed E-state index contributed by atoms with van der Waals surface area (Å²) in [6.07, 6.45) is 4.14. The number of rotatable bonds is 4. The lowest BCUT2D eigenvalue weighted by atomic mass is 10.1. The largest absolute Gasteiger partial charge is 0.379 e. The second-order valence-corrected chi connectivity index (χ2v) is 6.42. The van der Waals surface area contributed by atoms with Crippen LogP contribution in [0.5, 0.6) is 0 Å². The van der Waals surface area contributed by atoms with Crippen LogP contribution < -0.4 is 5.32 Å². The van der Waals surface area contributed by atoms with Gasteiger partial charge >= 0.3 is 0 Å². The van der Waals surface area contributed by atoms with Gasteiger partial charge in [-0.2, -0.15) is 0 Å². The molecule has 4 unspecified atom stereocenters. The normalized spacial score (nSPS) is 41.5. The molecular formula is C14H27N3O. The highest BCUT2D eigenvalue weighted by atomic mass is 16.5. The summed E-state index contributed by atoms with van der Waals surface area (Å²) >= 11 is 0. The van der Waals surface area contributed by atoms with Gasteiger partial charge in [0, 0.05) is 37.8 Å². The fourth-order valence-electron chi connectivity index (χ4n) is 3.73. The number of nitrogens with one attached hydrogen (secondary N) is 1. The molecule has 4 heteroatoms. The number of hydrogen-bond acceptors (Lipinski definition) is 4. The van der Waals surface area contributed by atoms with E-state index >= 15 is 0 Å². The summed E-state index contributed by atoms with van der Waals surface area (Å²) in [6, 6.07) is 2.35. The Kier molecular flexibility index (Phi) is 3.89. The molecule has 3 fully saturated rings. The molecule has 2 heterocycles. The molecule has 2 saturated heterocycles. The topological polar surface area (TPSA) is 27.7 Å². The van der Waals surface area contributed by atoms with Gasteiger partial charge in [-0.1, -0.05) is 0 Å². The summed E-state index contributed by atoms with van der Waals surface area (Å²) in [5.41, 5.74) is 0. The molecule has 4 atom stereocenters. The summed E-state index contributed by atoms with van der Waals surface area (Å²) in [5.74, 6) is 0.912. The lowest BCUT2D eigenvalue weighted by molar-refractivity contribution is 0.0308. The van der Waals surface area contributed by atoms with Crippen molar-refractivity contribution in [2.75, 3.05) is 46.9 Å². The van der Waals surface area contributed by atoms with Crippen molar-refractivity contribution in [1.29, 1.82) is 0 Å². The second-order valence-electron chi connectivity index (χ2n) is 6.42. The molecule has 0 aromatic heterocycles. The first-order valence-corrected chi connectivity index (χ1v) is 7.46. The maximum absolute atomic E-state index is 5.44. The minimum Gasteiger partial charge on any atom is -0.379 e. The summed E-state index contributed by atoms with van der Waals surface area (Å²) in [6.45, 7) is 5.35. The standard InChI is InChI=1S/C14H27N3O/c1-16(2)10-11-3-4-13(15-11)12-9-14(12)17-5-7-18-8-6-17/h11-15H,3-10H2,1-2H3. The molecule has 1 saturated carbocycles. The Labute approximate surface area is 111 Å². The van der Waals surface area contributed by atoms with E-state index in [4.69, 9.17) is 4.74 Å². The molecule has 1 N–H and O–H groups in total. The molecule has 3 aliphatic rings. The zero-order valence-electron chi connectivity index (χ0n) is 11.8. The van der Waals surface area contributed by atoms with E-state index in [2.05, 4.69) is 29.2 Å². The van der Waals surface area contributed by atoms with E-state index in [1.807, 2.05) is 0 Å². The molecule has 0 aromatic carbocycles. The van der Waals surface area contributed by atoms with Crippen LogP contribution in [-0.2, 0) is 4.74 Å². The Hall–Kier alpha value is -0.160. The number of ether oxygens (including phenoxy) is 1. The molecule has 1 aliphatic carbocycles. The van der Waals surface area contributed by atoms with Crippen LogP contribution in [0.2, 0.25) is 0 Å². The first-order valence-electron chi connectivity index (χ1n) is 7.46. The average molecular weight is 253 g/mol. The van der Waals surface area contributed by atoms with E-state index in [-0.39, 0.29) is 0 Å². The lowest BCUT2D eigenvalue weighted by Gasteiger charge is -2.28. The van der Waals surface area contributed by atoms with E-state index in [9.17, 15) is 0 Å². The van der Waals surface area contributed by atoms with Crippen LogP contribution in [0.15, 0.2) is 0 Å². The monoisotopic (exact) mass is 253 g/mol. The lowest BCUT2D eigenvalue weighted by Crippen LogP contribution is -2.42. The van der Waals surface area contributed by atoms with Crippen LogP contribution in [0.3, 0.4) is 0 Å².